The predicted molar refractivity (Wildman–Crippen MR) is 103 cm³/mol. The molecular formula is C18H22Cl2N2O3. The van der Waals surface area contributed by atoms with Crippen LogP contribution >= 0.6 is 24.0 Å². The number of nitrogens with two attached hydrogens (primary N) is 1. The highest BCUT2D eigenvalue weighted by atomic mass is 35.5. The Morgan fingerprint density at radius 1 is 1.24 bits per heavy atom. The van der Waals surface area contributed by atoms with Crippen molar-refractivity contribution in [2.45, 2.75) is 19.4 Å². The Labute approximate surface area is 158 Å². The normalized spacial score (nSPS) is 11.2. The third-order valence-electron chi connectivity index (χ3n) is 3.29. The van der Waals surface area contributed by atoms with Gasteiger partial charge in [0.25, 0.3) is 5.91 Å². The summed E-state index contributed by atoms with van der Waals surface area (Å²) in [6.45, 7) is 1.80. The molecule has 5 nitrogen and oxygen atoms in total. The second kappa shape index (κ2) is 10.1. The van der Waals surface area contributed by atoms with E-state index >= 15 is 0 Å². The molecule has 0 spiro atoms. The lowest BCUT2D eigenvalue weighted by Crippen LogP contribution is -2.20. The first-order chi connectivity index (χ1) is 11.5. The molecule has 0 radical (unpaired) electrons. The maximum Gasteiger partial charge on any atom is 0.262 e. The van der Waals surface area contributed by atoms with Crippen molar-refractivity contribution in [3.8, 4) is 11.5 Å². The maximum atomic E-state index is 12.0. The Hall–Kier alpha value is -1.95. The third-order valence-corrected chi connectivity index (χ3v) is 3.62. The summed E-state index contributed by atoms with van der Waals surface area (Å²) in [5, 5.41) is 3.18. The number of carbonyl (C=O) groups excluding carboxylic acids is 1. The summed E-state index contributed by atoms with van der Waals surface area (Å²) in [5.41, 5.74) is 7.40. The van der Waals surface area contributed by atoms with Gasteiger partial charge in [0.2, 0.25) is 0 Å². The second-order valence-corrected chi connectivity index (χ2v) is 5.89. The molecule has 2 rings (SSSR count). The molecule has 0 heterocycles. The Morgan fingerprint density at radius 2 is 1.96 bits per heavy atom. The number of benzene rings is 2. The maximum absolute atomic E-state index is 12.0. The van der Waals surface area contributed by atoms with Gasteiger partial charge in [-0.1, -0.05) is 29.8 Å². The first-order valence-corrected chi connectivity index (χ1v) is 7.97. The smallest absolute Gasteiger partial charge is 0.262 e. The van der Waals surface area contributed by atoms with E-state index < -0.39 is 0 Å². The number of hydrogen-bond acceptors (Lipinski definition) is 4. The molecular weight excluding hydrogens is 363 g/mol. The average Bonchev–Trinajstić information content (AvgIpc) is 2.55. The van der Waals surface area contributed by atoms with Gasteiger partial charge in [0.05, 0.1) is 17.8 Å². The zero-order valence-corrected chi connectivity index (χ0v) is 15.7. The first kappa shape index (κ1) is 21.1. The number of ether oxygens (including phenoxy) is 2. The van der Waals surface area contributed by atoms with Crippen molar-refractivity contribution in [3.63, 3.8) is 0 Å². The van der Waals surface area contributed by atoms with Crippen LogP contribution in [0.3, 0.4) is 0 Å². The van der Waals surface area contributed by atoms with Crippen molar-refractivity contribution in [2.75, 3.05) is 19.0 Å². The van der Waals surface area contributed by atoms with Crippen LogP contribution in [-0.4, -0.2) is 25.7 Å². The number of rotatable bonds is 7. The highest BCUT2D eigenvalue weighted by Gasteiger charge is 2.10. The van der Waals surface area contributed by atoms with Gasteiger partial charge in [-0.3, -0.25) is 4.79 Å². The molecule has 25 heavy (non-hydrogen) atoms. The molecule has 7 heteroatoms. The summed E-state index contributed by atoms with van der Waals surface area (Å²) in [7, 11) is 1.56. The fourth-order valence-electron chi connectivity index (χ4n) is 2.22. The molecule has 1 unspecified atom stereocenters. The summed E-state index contributed by atoms with van der Waals surface area (Å²) < 4.78 is 10.9. The van der Waals surface area contributed by atoms with Crippen LogP contribution in [0.15, 0.2) is 42.5 Å². The number of hydrogen-bond donors (Lipinski definition) is 2. The fraction of sp³-hybridized carbons (Fsp3) is 0.278. The number of amides is 1. The van der Waals surface area contributed by atoms with Gasteiger partial charge in [-0.25, -0.2) is 0 Å². The molecule has 3 N–H and O–H groups in total. The van der Waals surface area contributed by atoms with Gasteiger partial charge in [-0.15, -0.1) is 12.4 Å². The van der Waals surface area contributed by atoms with E-state index in [1.807, 2.05) is 19.1 Å². The number of nitrogens with one attached hydrogen (secondary N) is 1. The molecule has 0 fully saturated rings. The van der Waals surface area contributed by atoms with Gasteiger partial charge < -0.3 is 20.5 Å². The molecule has 0 aromatic heterocycles. The number of halogens is 2. The molecule has 1 amide bonds. The summed E-state index contributed by atoms with van der Waals surface area (Å²) >= 11 is 6.01. The van der Waals surface area contributed by atoms with Crippen molar-refractivity contribution < 1.29 is 14.3 Å². The molecule has 1 atom stereocenters. The minimum atomic E-state index is -0.301. The molecule has 0 aliphatic carbocycles. The van der Waals surface area contributed by atoms with Crippen LogP contribution in [0.2, 0.25) is 5.02 Å². The molecule has 0 bridgehead atoms. The third kappa shape index (κ3) is 6.46. The van der Waals surface area contributed by atoms with Gasteiger partial charge in [-0.2, -0.15) is 0 Å². The lowest BCUT2D eigenvalue weighted by atomic mass is 10.1. The van der Waals surface area contributed by atoms with E-state index in [0.717, 1.165) is 12.0 Å². The Balaban J connectivity index is 0.00000312. The highest BCUT2D eigenvalue weighted by molar-refractivity contribution is 6.33. The minimum absolute atomic E-state index is 0. The topological polar surface area (TPSA) is 73.6 Å². The quantitative estimate of drug-likeness (QED) is 0.763. The summed E-state index contributed by atoms with van der Waals surface area (Å²) in [4.78, 5) is 12.0. The van der Waals surface area contributed by atoms with Crippen molar-refractivity contribution in [1.82, 2.24) is 0 Å². The lowest BCUT2D eigenvalue weighted by Gasteiger charge is -2.13. The monoisotopic (exact) mass is 384 g/mol. The predicted octanol–water partition coefficient (Wildman–Crippen LogP) is 3.68. The summed E-state index contributed by atoms with van der Waals surface area (Å²) in [5.74, 6) is 0.767. The van der Waals surface area contributed by atoms with Gasteiger partial charge in [-0.05, 0) is 43.2 Å². The minimum Gasteiger partial charge on any atom is -0.493 e. The Morgan fingerprint density at radius 3 is 2.60 bits per heavy atom. The van der Waals surface area contributed by atoms with Gasteiger partial charge in [0.15, 0.2) is 18.1 Å². The van der Waals surface area contributed by atoms with E-state index in [-0.39, 0.29) is 31.0 Å². The molecule has 136 valence electrons. The van der Waals surface area contributed by atoms with E-state index in [1.54, 1.807) is 37.4 Å². The van der Waals surface area contributed by atoms with Crippen molar-refractivity contribution in [3.05, 3.63) is 53.1 Å². The molecule has 2 aromatic rings. The zero-order chi connectivity index (χ0) is 17.5. The van der Waals surface area contributed by atoms with Crippen LogP contribution in [0.25, 0.3) is 0 Å². The van der Waals surface area contributed by atoms with Crippen LogP contribution in [-0.2, 0) is 11.2 Å². The number of anilines is 1. The number of methoxy groups -OCH3 is 1. The molecule has 0 saturated heterocycles. The standard InChI is InChI=1S/C18H21ClN2O3.ClH/c1-12(20)9-13-7-8-16(17(10-13)23-2)24-11-18(22)21-15-6-4-3-5-14(15)19;/h3-8,10,12H,9,11,20H2,1-2H3,(H,21,22);1H. The largest absolute Gasteiger partial charge is 0.493 e. The van der Waals surface area contributed by atoms with Crippen LogP contribution in [0.5, 0.6) is 11.5 Å². The van der Waals surface area contributed by atoms with Crippen LogP contribution in [0.4, 0.5) is 5.69 Å². The van der Waals surface area contributed by atoms with E-state index in [0.29, 0.717) is 22.2 Å². The first-order valence-electron chi connectivity index (χ1n) is 7.59. The van der Waals surface area contributed by atoms with E-state index in [9.17, 15) is 4.79 Å². The Kier molecular flexibility index (Phi) is 8.55. The van der Waals surface area contributed by atoms with Gasteiger partial charge in [0.1, 0.15) is 0 Å². The van der Waals surface area contributed by atoms with Crippen LogP contribution in [0.1, 0.15) is 12.5 Å². The van der Waals surface area contributed by atoms with Crippen molar-refractivity contribution in [1.29, 1.82) is 0 Å². The van der Waals surface area contributed by atoms with Gasteiger partial charge in [0, 0.05) is 6.04 Å². The van der Waals surface area contributed by atoms with Crippen LogP contribution < -0.4 is 20.5 Å². The zero-order valence-electron chi connectivity index (χ0n) is 14.1. The highest BCUT2D eigenvalue weighted by Crippen LogP contribution is 2.28. The summed E-state index contributed by atoms with van der Waals surface area (Å²) in [6.07, 6.45) is 0.740. The Bertz CT molecular complexity index is 708. The SMILES string of the molecule is COc1cc(CC(C)N)ccc1OCC(=O)Nc1ccccc1Cl.Cl. The van der Waals surface area contributed by atoms with Crippen LogP contribution in [0, 0.1) is 0 Å². The van der Waals surface area contributed by atoms with E-state index in [1.165, 1.54) is 0 Å². The number of carbonyl (C=O) groups is 1. The average molecular weight is 385 g/mol. The fourth-order valence-corrected chi connectivity index (χ4v) is 2.41. The van der Waals surface area contributed by atoms with Crippen molar-refractivity contribution in [2.24, 2.45) is 5.73 Å². The van der Waals surface area contributed by atoms with E-state index in [4.69, 9.17) is 26.8 Å². The molecule has 0 saturated carbocycles. The van der Waals surface area contributed by atoms with E-state index in [2.05, 4.69) is 5.32 Å². The lowest BCUT2D eigenvalue weighted by molar-refractivity contribution is -0.118. The number of para-hydroxylation sites is 1. The van der Waals surface area contributed by atoms with Gasteiger partial charge >= 0.3 is 0 Å². The molecule has 0 aliphatic heterocycles. The van der Waals surface area contributed by atoms with Crippen molar-refractivity contribution >= 4 is 35.6 Å². The molecule has 2 aromatic carbocycles. The summed E-state index contributed by atoms with van der Waals surface area (Å²) in [6, 6.07) is 12.6. The molecule has 0 aliphatic rings. The second-order valence-electron chi connectivity index (χ2n) is 5.48.